The molecule has 5 heteroatoms. The Kier molecular flexibility index (Phi) is 8.81. The number of benzene rings is 1. The quantitative estimate of drug-likeness (QED) is 0.791. The Labute approximate surface area is 120 Å². The zero-order chi connectivity index (χ0) is 12.7. The van der Waals surface area contributed by atoms with Gasteiger partial charge in [-0.25, -0.2) is 0 Å². The third-order valence-corrected chi connectivity index (χ3v) is 2.69. The van der Waals surface area contributed by atoms with Crippen LogP contribution in [0.15, 0.2) is 18.2 Å². The van der Waals surface area contributed by atoms with Crippen molar-refractivity contribution in [3.63, 3.8) is 0 Å². The molecule has 1 amide bonds. The van der Waals surface area contributed by atoms with E-state index in [9.17, 15) is 4.79 Å². The van der Waals surface area contributed by atoms with Gasteiger partial charge in [0, 0.05) is 23.7 Å². The van der Waals surface area contributed by atoms with Crippen molar-refractivity contribution >= 4 is 29.9 Å². The minimum absolute atomic E-state index is 0. The number of carbonyl (C=O) groups is 1. The predicted molar refractivity (Wildman–Crippen MR) is 78.9 cm³/mol. The number of hydrogen-bond acceptors (Lipinski definition) is 2. The number of carbonyl (C=O) groups excluding carboxylic acids is 1. The van der Waals surface area contributed by atoms with Gasteiger partial charge >= 0.3 is 0 Å². The Morgan fingerprint density at radius 1 is 1.28 bits per heavy atom. The van der Waals surface area contributed by atoms with Crippen LogP contribution >= 0.6 is 24.0 Å². The van der Waals surface area contributed by atoms with E-state index in [0.29, 0.717) is 17.1 Å². The molecule has 3 nitrogen and oxygen atoms in total. The summed E-state index contributed by atoms with van der Waals surface area (Å²) >= 11 is 5.87. The minimum atomic E-state index is -0.0664. The number of nitrogens with one attached hydrogen (secondary N) is 2. The van der Waals surface area contributed by atoms with Crippen LogP contribution in [0.1, 0.15) is 29.3 Å². The first-order chi connectivity index (χ1) is 8.15. The van der Waals surface area contributed by atoms with Crippen LogP contribution in [-0.2, 0) is 0 Å². The van der Waals surface area contributed by atoms with Crippen molar-refractivity contribution in [1.82, 2.24) is 10.6 Å². The second-order valence-corrected chi connectivity index (χ2v) is 4.40. The summed E-state index contributed by atoms with van der Waals surface area (Å²) in [6.07, 6.45) is 1.10. The van der Waals surface area contributed by atoms with E-state index < -0.39 is 0 Å². The summed E-state index contributed by atoms with van der Waals surface area (Å²) in [6.45, 7) is 6.41. The highest BCUT2D eigenvalue weighted by molar-refractivity contribution is 6.31. The fourth-order valence-electron chi connectivity index (χ4n) is 1.50. The van der Waals surface area contributed by atoms with E-state index in [1.165, 1.54) is 0 Å². The fraction of sp³-hybridized carbons (Fsp3) is 0.462. The Morgan fingerprint density at radius 2 is 2.00 bits per heavy atom. The molecular weight excluding hydrogens is 271 g/mol. The molecular formula is C13H20Cl2N2O. The second-order valence-electron chi connectivity index (χ2n) is 3.97. The van der Waals surface area contributed by atoms with Crippen molar-refractivity contribution < 1.29 is 4.79 Å². The minimum Gasteiger partial charge on any atom is -0.351 e. The average molecular weight is 291 g/mol. The Morgan fingerprint density at radius 3 is 2.67 bits per heavy atom. The van der Waals surface area contributed by atoms with Crippen LogP contribution in [0.2, 0.25) is 5.02 Å². The maximum atomic E-state index is 11.9. The largest absolute Gasteiger partial charge is 0.351 e. The summed E-state index contributed by atoms with van der Waals surface area (Å²) in [5.74, 6) is -0.0664. The SMILES string of the molecule is CCCNCCNC(=O)c1cc(Cl)ccc1C.Cl. The molecule has 0 saturated heterocycles. The van der Waals surface area contributed by atoms with Gasteiger partial charge in [0.1, 0.15) is 0 Å². The summed E-state index contributed by atoms with van der Waals surface area (Å²) in [5, 5.41) is 6.68. The molecule has 0 fully saturated rings. The van der Waals surface area contributed by atoms with Crippen LogP contribution in [0, 0.1) is 6.92 Å². The first-order valence-corrected chi connectivity index (χ1v) is 6.28. The lowest BCUT2D eigenvalue weighted by atomic mass is 10.1. The highest BCUT2D eigenvalue weighted by Crippen LogP contribution is 2.14. The third-order valence-electron chi connectivity index (χ3n) is 2.46. The number of hydrogen-bond donors (Lipinski definition) is 2. The van der Waals surface area contributed by atoms with Gasteiger partial charge in [-0.2, -0.15) is 0 Å². The lowest BCUT2D eigenvalue weighted by Crippen LogP contribution is -2.32. The number of amides is 1. The fourth-order valence-corrected chi connectivity index (χ4v) is 1.67. The summed E-state index contributed by atoms with van der Waals surface area (Å²) in [6, 6.07) is 5.34. The average Bonchev–Trinajstić information content (AvgIpc) is 2.32. The Bertz CT molecular complexity index is 383. The molecule has 0 unspecified atom stereocenters. The maximum absolute atomic E-state index is 11.9. The van der Waals surface area contributed by atoms with Crippen LogP contribution in [0.25, 0.3) is 0 Å². The lowest BCUT2D eigenvalue weighted by Gasteiger charge is -2.08. The zero-order valence-electron chi connectivity index (χ0n) is 10.8. The molecule has 102 valence electrons. The molecule has 0 saturated carbocycles. The Balaban J connectivity index is 0.00000289. The molecule has 0 heterocycles. The first-order valence-electron chi connectivity index (χ1n) is 5.90. The van der Waals surface area contributed by atoms with E-state index in [0.717, 1.165) is 25.1 Å². The molecule has 18 heavy (non-hydrogen) atoms. The summed E-state index contributed by atoms with van der Waals surface area (Å²) in [5.41, 5.74) is 1.58. The summed E-state index contributed by atoms with van der Waals surface area (Å²) < 4.78 is 0. The third kappa shape index (κ3) is 5.71. The smallest absolute Gasteiger partial charge is 0.251 e. The van der Waals surface area contributed by atoms with Crippen molar-refractivity contribution in [2.45, 2.75) is 20.3 Å². The van der Waals surface area contributed by atoms with E-state index in [4.69, 9.17) is 11.6 Å². The van der Waals surface area contributed by atoms with Gasteiger partial charge in [-0.15, -0.1) is 12.4 Å². The van der Waals surface area contributed by atoms with Gasteiger partial charge in [0.25, 0.3) is 5.91 Å². The van der Waals surface area contributed by atoms with E-state index in [2.05, 4.69) is 17.6 Å². The van der Waals surface area contributed by atoms with Gasteiger partial charge in [0.15, 0.2) is 0 Å². The molecule has 0 bridgehead atoms. The van der Waals surface area contributed by atoms with Gasteiger partial charge in [-0.1, -0.05) is 24.6 Å². The van der Waals surface area contributed by atoms with Gasteiger partial charge in [0.05, 0.1) is 0 Å². The van der Waals surface area contributed by atoms with Gasteiger partial charge in [-0.3, -0.25) is 4.79 Å². The Hall–Kier alpha value is -0.770. The molecule has 0 spiro atoms. The molecule has 1 rings (SSSR count). The topological polar surface area (TPSA) is 41.1 Å². The molecule has 0 aromatic heterocycles. The number of rotatable bonds is 6. The van der Waals surface area contributed by atoms with Crippen molar-refractivity contribution in [1.29, 1.82) is 0 Å². The van der Waals surface area contributed by atoms with E-state index in [-0.39, 0.29) is 18.3 Å². The monoisotopic (exact) mass is 290 g/mol. The maximum Gasteiger partial charge on any atom is 0.251 e. The highest BCUT2D eigenvalue weighted by atomic mass is 35.5. The summed E-state index contributed by atoms with van der Waals surface area (Å²) in [7, 11) is 0. The molecule has 1 aromatic rings. The van der Waals surface area contributed by atoms with Crippen molar-refractivity contribution in [2.75, 3.05) is 19.6 Å². The van der Waals surface area contributed by atoms with Crippen LogP contribution in [0.3, 0.4) is 0 Å². The second kappa shape index (κ2) is 9.20. The number of halogens is 2. The van der Waals surface area contributed by atoms with Gasteiger partial charge in [-0.05, 0) is 37.6 Å². The van der Waals surface area contributed by atoms with Gasteiger partial charge in [0.2, 0.25) is 0 Å². The van der Waals surface area contributed by atoms with Crippen LogP contribution < -0.4 is 10.6 Å². The van der Waals surface area contributed by atoms with Crippen molar-refractivity contribution in [2.24, 2.45) is 0 Å². The van der Waals surface area contributed by atoms with E-state index in [1.54, 1.807) is 12.1 Å². The van der Waals surface area contributed by atoms with Crippen LogP contribution in [-0.4, -0.2) is 25.5 Å². The van der Waals surface area contributed by atoms with Crippen LogP contribution in [0.5, 0.6) is 0 Å². The van der Waals surface area contributed by atoms with Crippen LogP contribution in [0.4, 0.5) is 0 Å². The van der Waals surface area contributed by atoms with E-state index >= 15 is 0 Å². The van der Waals surface area contributed by atoms with Crippen molar-refractivity contribution in [3.8, 4) is 0 Å². The predicted octanol–water partition coefficient (Wildman–Crippen LogP) is 2.80. The lowest BCUT2D eigenvalue weighted by molar-refractivity contribution is 0.0953. The highest BCUT2D eigenvalue weighted by Gasteiger charge is 2.08. The van der Waals surface area contributed by atoms with E-state index in [1.807, 2.05) is 13.0 Å². The first kappa shape index (κ1) is 17.2. The molecule has 0 aliphatic heterocycles. The standard InChI is InChI=1S/C13H19ClN2O.ClH/c1-3-6-15-7-8-16-13(17)12-9-11(14)5-4-10(12)2;/h4-5,9,15H,3,6-8H2,1-2H3,(H,16,17);1H. The summed E-state index contributed by atoms with van der Waals surface area (Å²) in [4.78, 5) is 11.9. The molecule has 0 radical (unpaired) electrons. The molecule has 0 atom stereocenters. The molecule has 0 aliphatic carbocycles. The molecule has 0 aliphatic rings. The zero-order valence-corrected chi connectivity index (χ0v) is 12.3. The molecule has 2 N–H and O–H groups in total. The van der Waals surface area contributed by atoms with Crippen molar-refractivity contribution in [3.05, 3.63) is 34.3 Å². The van der Waals surface area contributed by atoms with Gasteiger partial charge < -0.3 is 10.6 Å². The normalized spacial score (nSPS) is 9.72. The number of aryl methyl sites for hydroxylation is 1. The molecule has 1 aromatic carbocycles.